The summed E-state index contributed by atoms with van der Waals surface area (Å²) in [5, 5.41) is 8.81. The maximum atomic E-state index is 12.3. The predicted octanol–water partition coefficient (Wildman–Crippen LogP) is 1.21. The Kier molecular flexibility index (Phi) is 17.2. The monoisotopic (exact) mass is 494 g/mol. The topological polar surface area (TPSA) is 133 Å². The average Bonchev–Trinajstić information content (AvgIpc) is 2.84. The van der Waals surface area contributed by atoms with Gasteiger partial charge in [-0.15, -0.1) is 0 Å². The molecule has 1 aromatic carbocycles. The van der Waals surface area contributed by atoms with Gasteiger partial charge in [0.15, 0.2) is 0 Å². The number of hydrogen-bond acceptors (Lipinski definition) is 8. The molecule has 0 saturated carbocycles. The molecule has 0 saturated heterocycles. The number of allylic oxidation sites excluding steroid dienone is 1. The third-order valence-electron chi connectivity index (χ3n) is 4.45. The van der Waals surface area contributed by atoms with Crippen LogP contribution in [0.15, 0.2) is 36.4 Å². The van der Waals surface area contributed by atoms with E-state index in [4.69, 9.17) is 24.7 Å². The number of carbonyl (C=O) groups excluding carboxylic acids is 2. The van der Waals surface area contributed by atoms with E-state index < -0.39 is 6.23 Å². The van der Waals surface area contributed by atoms with E-state index in [2.05, 4.69) is 36.7 Å². The summed E-state index contributed by atoms with van der Waals surface area (Å²) in [6.45, 7) is 9.30. The molecule has 1 atom stereocenters. The molecule has 0 spiro atoms. The molecule has 0 radical (unpaired) electrons. The van der Waals surface area contributed by atoms with Crippen molar-refractivity contribution in [2.45, 2.75) is 39.5 Å². The van der Waals surface area contributed by atoms with Crippen LogP contribution in [-0.2, 0) is 19.0 Å². The summed E-state index contributed by atoms with van der Waals surface area (Å²) in [4.78, 5) is 23.9. The maximum Gasteiger partial charge on any atom is 0.251 e. The van der Waals surface area contributed by atoms with Crippen molar-refractivity contribution in [2.24, 2.45) is 5.73 Å². The minimum atomic E-state index is -0.675. The number of hydrogen-bond donors (Lipinski definition) is 4. The van der Waals surface area contributed by atoms with Crippen molar-refractivity contribution in [2.75, 3.05) is 59.3 Å². The first kappa shape index (κ1) is 30.5. The lowest BCUT2D eigenvalue weighted by molar-refractivity contribution is -0.126. The second-order valence-corrected chi connectivity index (χ2v) is 7.97. The lowest BCUT2D eigenvalue weighted by atomic mass is 10.2. The van der Waals surface area contributed by atoms with E-state index in [-0.39, 0.29) is 38.2 Å². The van der Waals surface area contributed by atoms with Crippen LogP contribution in [0.5, 0.6) is 5.75 Å². The lowest BCUT2D eigenvalue weighted by Gasteiger charge is -2.15. The van der Waals surface area contributed by atoms with Crippen LogP contribution in [0.2, 0.25) is 0 Å². The van der Waals surface area contributed by atoms with Crippen molar-refractivity contribution in [1.29, 1.82) is 0 Å². The molecule has 0 aliphatic carbocycles. The predicted molar refractivity (Wildman–Crippen MR) is 135 cm³/mol. The summed E-state index contributed by atoms with van der Waals surface area (Å²) in [7, 11) is 0. The number of amides is 2. The van der Waals surface area contributed by atoms with Gasteiger partial charge in [-0.25, -0.2) is 0 Å². The molecular formula is C25H42N4O6. The molecule has 1 aromatic rings. The van der Waals surface area contributed by atoms with Gasteiger partial charge in [0.25, 0.3) is 5.91 Å². The zero-order chi connectivity index (χ0) is 25.7. The Labute approximate surface area is 208 Å². The van der Waals surface area contributed by atoms with E-state index >= 15 is 0 Å². The van der Waals surface area contributed by atoms with Crippen LogP contribution in [0.4, 0.5) is 0 Å². The standard InChI is InChI=1S/C25H42N4O6/c1-4-5-6-13-32-14-12-28-24(30)19-33-15-16-34-23(26)18-35-22-9-7-8-21(17-22)25(31)29-11-10-27-20(2)3/h5-9,17,20,23,27H,4,10-16,18-19,26H2,1-3H3,(H,28,30)(H,29,31)/b6-5+. The highest BCUT2D eigenvalue weighted by Gasteiger charge is 2.09. The third kappa shape index (κ3) is 16.7. The first-order valence-electron chi connectivity index (χ1n) is 12.1. The Hall–Kier alpha value is -2.50. The van der Waals surface area contributed by atoms with E-state index in [0.29, 0.717) is 50.2 Å². The summed E-state index contributed by atoms with van der Waals surface area (Å²) in [6.07, 6.45) is 4.28. The molecular weight excluding hydrogens is 452 g/mol. The Morgan fingerprint density at radius 3 is 2.63 bits per heavy atom. The van der Waals surface area contributed by atoms with Gasteiger partial charge >= 0.3 is 0 Å². The van der Waals surface area contributed by atoms with Gasteiger partial charge in [-0.1, -0.05) is 39.0 Å². The average molecular weight is 495 g/mol. The van der Waals surface area contributed by atoms with Crippen molar-refractivity contribution in [3.05, 3.63) is 42.0 Å². The summed E-state index contributed by atoms with van der Waals surface area (Å²) in [5.74, 6) is 0.139. The molecule has 5 N–H and O–H groups in total. The molecule has 0 bridgehead atoms. The van der Waals surface area contributed by atoms with Crippen molar-refractivity contribution in [1.82, 2.24) is 16.0 Å². The molecule has 0 aliphatic heterocycles. The molecule has 0 fully saturated rings. The SMILES string of the molecule is CC/C=C/COCCNC(=O)COCCOC(N)COc1cccc(C(=O)NCCNC(C)C)c1. The van der Waals surface area contributed by atoms with Crippen LogP contribution in [0.25, 0.3) is 0 Å². The lowest BCUT2D eigenvalue weighted by Crippen LogP contribution is -2.34. The zero-order valence-corrected chi connectivity index (χ0v) is 21.2. The van der Waals surface area contributed by atoms with E-state index in [0.717, 1.165) is 6.42 Å². The van der Waals surface area contributed by atoms with Crippen LogP contribution >= 0.6 is 0 Å². The molecule has 1 rings (SSSR count). The first-order valence-corrected chi connectivity index (χ1v) is 12.1. The van der Waals surface area contributed by atoms with E-state index in [1.807, 2.05) is 12.2 Å². The number of nitrogens with two attached hydrogens (primary N) is 1. The Balaban J connectivity index is 2.12. The summed E-state index contributed by atoms with van der Waals surface area (Å²) < 4.78 is 21.7. The van der Waals surface area contributed by atoms with Gasteiger partial charge in [0.05, 0.1) is 26.4 Å². The minimum Gasteiger partial charge on any atom is -0.489 e. The van der Waals surface area contributed by atoms with Gasteiger partial charge in [-0.2, -0.15) is 0 Å². The van der Waals surface area contributed by atoms with Crippen molar-refractivity contribution < 1.29 is 28.5 Å². The van der Waals surface area contributed by atoms with Gasteiger partial charge in [0.2, 0.25) is 5.91 Å². The van der Waals surface area contributed by atoms with Crippen molar-refractivity contribution >= 4 is 11.8 Å². The van der Waals surface area contributed by atoms with Gasteiger partial charge in [-0.3, -0.25) is 9.59 Å². The van der Waals surface area contributed by atoms with Crippen LogP contribution in [0.1, 0.15) is 37.6 Å². The van der Waals surface area contributed by atoms with Gasteiger partial charge in [0, 0.05) is 31.2 Å². The second-order valence-electron chi connectivity index (χ2n) is 7.97. The summed E-state index contributed by atoms with van der Waals surface area (Å²) in [5.41, 5.74) is 6.41. The second kappa shape index (κ2) is 19.8. The van der Waals surface area contributed by atoms with Crippen LogP contribution in [0, 0.1) is 0 Å². The van der Waals surface area contributed by atoms with Gasteiger partial charge < -0.3 is 40.6 Å². The highest BCUT2D eigenvalue weighted by Crippen LogP contribution is 2.13. The summed E-state index contributed by atoms with van der Waals surface area (Å²) >= 11 is 0. The van der Waals surface area contributed by atoms with E-state index in [9.17, 15) is 9.59 Å². The third-order valence-corrected chi connectivity index (χ3v) is 4.45. The highest BCUT2D eigenvalue weighted by molar-refractivity contribution is 5.94. The smallest absolute Gasteiger partial charge is 0.251 e. The molecule has 35 heavy (non-hydrogen) atoms. The number of rotatable bonds is 20. The van der Waals surface area contributed by atoms with Crippen LogP contribution in [0.3, 0.4) is 0 Å². The molecule has 10 nitrogen and oxygen atoms in total. The van der Waals surface area contributed by atoms with Crippen LogP contribution < -0.4 is 26.4 Å². The number of ether oxygens (including phenoxy) is 4. The Morgan fingerprint density at radius 2 is 1.86 bits per heavy atom. The van der Waals surface area contributed by atoms with Gasteiger partial charge in [0.1, 0.15) is 25.2 Å². The molecule has 1 unspecified atom stereocenters. The van der Waals surface area contributed by atoms with E-state index in [1.54, 1.807) is 24.3 Å². The molecule has 10 heteroatoms. The number of benzene rings is 1. The fourth-order valence-corrected chi connectivity index (χ4v) is 2.72. The zero-order valence-electron chi connectivity index (χ0n) is 21.2. The number of carbonyl (C=O) groups is 2. The molecule has 2 amide bonds. The van der Waals surface area contributed by atoms with Crippen LogP contribution in [-0.4, -0.2) is 83.4 Å². The quantitative estimate of drug-likeness (QED) is 0.121. The molecule has 0 aliphatic rings. The minimum absolute atomic E-state index is 0.0623. The van der Waals surface area contributed by atoms with Crippen molar-refractivity contribution in [3.63, 3.8) is 0 Å². The largest absolute Gasteiger partial charge is 0.489 e. The first-order chi connectivity index (χ1) is 16.9. The fourth-order valence-electron chi connectivity index (χ4n) is 2.72. The normalized spacial score (nSPS) is 12.1. The molecule has 0 heterocycles. The van der Waals surface area contributed by atoms with Gasteiger partial charge in [-0.05, 0) is 24.6 Å². The fraction of sp³-hybridized carbons (Fsp3) is 0.600. The summed E-state index contributed by atoms with van der Waals surface area (Å²) in [6, 6.07) is 7.25. The highest BCUT2D eigenvalue weighted by atomic mass is 16.6. The number of nitrogens with one attached hydrogen (secondary N) is 3. The molecule has 198 valence electrons. The molecule has 0 aromatic heterocycles. The maximum absolute atomic E-state index is 12.3. The van der Waals surface area contributed by atoms with Crippen molar-refractivity contribution in [3.8, 4) is 5.75 Å². The van der Waals surface area contributed by atoms with E-state index in [1.165, 1.54) is 0 Å². The Morgan fingerprint density at radius 1 is 1.03 bits per heavy atom. The Bertz CT molecular complexity index is 744.